The Hall–Kier alpha value is -3.92. The SMILES string of the molecule is Cc1noc(NS(=O)(=O)c2ccccc2-c2ccc(-c3ncco3)cc2CNC=O)c1C. The molecule has 0 saturated heterocycles. The van der Waals surface area contributed by atoms with Crippen molar-refractivity contribution in [3.05, 3.63) is 71.7 Å². The van der Waals surface area contributed by atoms with Crippen molar-refractivity contribution in [3.8, 4) is 22.6 Å². The van der Waals surface area contributed by atoms with E-state index in [-0.39, 0.29) is 17.3 Å². The predicted octanol–water partition coefficient (Wildman–Crippen LogP) is 3.66. The number of rotatable bonds is 8. The van der Waals surface area contributed by atoms with Crippen molar-refractivity contribution < 1.29 is 22.2 Å². The van der Waals surface area contributed by atoms with Crippen molar-refractivity contribution in [1.82, 2.24) is 15.5 Å². The van der Waals surface area contributed by atoms with Gasteiger partial charge in [-0.1, -0.05) is 29.4 Å². The van der Waals surface area contributed by atoms with Crippen LogP contribution in [0.2, 0.25) is 0 Å². The Labute approximate surface area is 184 Å². The quantitative estimate of drug-likeness (QED) is 0.391. The lowest BCUT2D eigenvalue weighted by Gasteiger charge is -2.15. The zero-order valence-electron chi connectivity index (χ0n) is 17.3. The van der Waals surface area contributed by atoms with Crippen LogP contribution < -0.4 is 10.0 Å². The molecule has 9 nitrogen and oxygen atoms in total. The van der Waals surface area contributed by atoms with E-state index < -0.39 is 10.0 Å². The highest BCUT2D eigenvalue weighted by molar-refractivity contribution is 7.92. The average molecular weight is 452 g/mol. The van der Waals surface area contributed by atoms with E-state index in [9.17, 15) is 13.2 Å². The number of oxazole rings is 1. The number of aromatic nitrogens is 2. The molecule has 2 heterocycles. The number of hydrogen-bond donors (Lipinski definition) is 2. The zero-order chi connectivity index (χ0) is 22.7. The topological polar surface area (TPSA) is 127 Å². The molecule has 1 amide bonds. The third kappa shape index (κ3) is 4.12. The number of aryl methyl sites for hydroxylation is 1. The Balaban J connectivity index is 1.80. The van der Waals surface area contributed by atoms with Crippen LogP contribution in [0.5, 0.6) is 0 Å². The van der Waals surface area contributed by atoms with E-state index in [1.165, 1.54) is 18.5 Å². The Morgan fingerprint density at radius 1 is 1.09 bits per heavy atom. The number of carbonyl (C=O) groups is 1. The van der Waals surface area contributed by atoms with Crippen molar-refractivity contribution in [1.29, 1.82) is 0 Å². The molecule has 0 atom stereocenters. The second-order valence-electron chi connectivity index (χ2n) is 7.03. The van der Waals surface area contributed by atoms with Crippen molar-refractivity contribution in [2.45, 2.75) is 25.3 Å². The first-order chi connectivity index (χ1) is 15.4. The standard InChI is InChI=1S/C22H20N4O5S/c1-14-15(2)25-31-21(14)26-32(28,29)20-6-4-3-5-19(20)18-8-7-16(22-24-9-10-30-22)11-17(18)12-23-13-27/h3-11,13,26H,12H2,1-2H3,(H,23,27). The van der Waals surface area contributed by atoms with Gasteiger partial charge in [-0.15, -0.1) is 0 Å². The number of benzene rings is 2. The van der Waals surface area contributed by atoms with Gasteiger partial charge in [-0.2, -0.15) is 0 Å². The number of carbonyl (C=O) groups excluding carboxylic acids is 1. The van der Waals surface area contributed by atoms with E-state index in [0.717, 1.165) is 0 Å². The molecule has 0 spiro atoms. The van der Waals surface area contributed by atoms with Gasteiger partial charge >= 0.3 is 0 Å². The largest absolute Gasteiger partial charge is 0.445 e. The summed E-state index contributed by atoms with van der Waals surface area (Å²) in [5.41, 5.74) is 3.71. The molecule has 0 aliphatic rings. The monoisotopic (exact) mass is 452 g/mol. The zero-order valence-corrected chi connectivity index (χ0v) is 18.1. The molecule has 32 heavy (non-hydrogen) atoms. The molecule has 0 fully saturated rings. The number of anilines is 1. The van der Waals surface area contributed by atoms with Crippen LogP contribution in [0.15, 0.2) is 68.8 Å². The van der Waals surface area contributed by atoms with Crippen molar-refractivity contribution in [2.75, 3.05) is 4.72 Å². The van der Waals surface area contributed by atoms with Crippen LogP contribution in [0.4, 0.5) is 5.88 Å². The van der Waals surface area contributed by atoms with Gasteiger partial charge in [0, 0.05) is 23.2 Å². The molecule has 0 bridgehead atoms. The smallest absolute Gasteiger partial charge is 0.264 e. The minimum Gasteiger partial charge on any atom is -0.445 e. The first-order valence-corrected chi connectivity index (χ1v) is 11.1. The third-order valence-electron chi connectivity index (χ3n) is 5.01. The molecule has 0 radical (unpaired) electrons. The third-order valence-corrected chi connectivity index (χ3v) is 6.40. The Morgan fingerprint density at radius 3 is 2.59 bits per heavy atom. The number of sulfonamides is 1. The fourth-order valence-corrected chi connectivity index (χ4v) is 4.53. The van der Waals surface area contributed by atoms with Crippen LogP contribution in [-0.4, -0.2) is 25.0 Å². The first-order valence-electron chi connectivity index (χ1n) is 9.65. The van der Waals surface area contributed by atoms with Crippen molar-refractivity contribution in [3.63, 3.8) is 0 Å². The highest BCUT2D eigenvalue weighted by Gasteiger charge is 2.24. The lowest BCUT2D eigenvalue weighted by molar-refractivity contribution is -0.109. The maximum Gasteiger partial charge on any atom is 0.264 e. The maximum absolute atomic E-state index is 13.2. The van der Waals surface area contributed by atoms with E-state index in [4.69, 9.17) is 8.94 Å². The molecule has 0 saturated carbocycles. The van der Waals surface area contributed by atoms with E-state index in [1.807, 2.05) is 0 Å². The summed E-state index contributed by atoms with van der Waals surface area (Å²) < 4.78 is 39.4. The van der Waals surface area contributed by atoms with Gasteiger partial charge in [0.15, 0.2) is 0 Å². The molecule has 2 N–H and O–H groups in total. The van der Waals surface area contributed by atoms with Gasteiger partial charge in [-0.25, -0.2) is 18.1 Å². The maximum atomic E-state index is 13.2. The highest BCUT2D eigenvalue weighted by atomic mass is 32.2. The van der Waals surface area contributed by atoms with Crippen molar-refractivity contribution in [2.24, 2.45) is 0 Å². The minimum absolute atomic E-state index is 0.0599. The Morgan fingerprint density at radius 2 is 1.91 bits per heavy atom. The second kappa shape index (κ2) is 8.67. The molecule has 0 aliphatic carbocycles. The van der Waals surface area contributed by atoms with E-state index >= 15 is 0 Å². The van der Waals surface area contributed by atoms with Gasteiger partial charge in [-0.3, -0.25) is 4.79 Å². The van der Waals surface area contributed by atoms with Crippen molar-refractivity contribution >= 4 is 22.3 Å². The lowest BCUT2D eigenvalue weighted by atomic mass is 9.97. The molecule has 4 aromatic rings. The summed E-state index contributed by atoms with van der Waals surface area (Å²) in [7, 11) is -4.00. The van der Waals surface area contributed by atoms with Gasteiger partial charge in [0.25, 0.3) is 10.0 Å². The summed E-state index contributed by atoms with van der Waals surface area (Å²) in [5.74, 6) is 0.488. The summed E-state index contributed by atoms with van der Waals surface area (Å²) in [6, 6.07) is 12.0. The molecule has 2 aromatic carbocycles. The van der Waals surface area contributed by atoms with Gasteiger partial charge < -0.3 is 14.3 Å². The molecule has 4 rings (SSSR count). The summed E-state index contributed by atoms with van der Waals surface area (Å²) in [6.07, 6.45) is 3.58. The lowest BCUT2D eigenvalue weighted by Crippen LogP contribution is -2.15. The number of amides is 1. The predicted molar refractivity (Wildman–Crippen MR) is 117 cm³/mol. The minimum atomic E-state index is -4.00. The summed E-state index contributed by atoms with van der Waals surface area (Å²) in [6.45, 7) is 3.64. The molecule has 10 heteroatoms. The molecule has 0 unspecified atom stereocenters. The van der Waals surface area contributed by atoms with Crippen LogP contribution in [0.3, 0.4) is 0 Å². The van der Waals surface area contributed by atoms with E-state index in [0.29, 0.717) is 45.8 Å². The molecular weight excluding hydrogens is 432 g/mol. The highest BCUT2D eigenvalue weighted by Crippen LogP contribution is 2.34. The van der Waals surface area contributed by atoms with Crippen LogP contribution >= 0.6 is 0 Å². The van der Waals surface area contributed by atoms with E-state index in [1.54, 1.807) is 50.2 Å². The summed E-state index contributed by atoms with van der Waals surface area (Å²) >= 11 is 0. The summed E-state index contributed by atoms with van der Waals surface area (Å²) in [4.78, 5) is 15.1. The normalized spacial score (nSPS) is 11.3. The first kappa shape index (κ1) is 21.3. The number of hydrogen-bond acceptors (Lipinski definition) is 7. The number of nitrogens with zero attached hydrogens (tertiary/aromatic N) is 2. The van der Waals surface area contributed by atoms with Crippen LogP contribution in [0, 0.1) is 13.8 Å². The Bertz CT molecular complexity index is 1360. The van der Waals surface area contributed by atoms with Gasteiger partial charge in [0.05, 0.1) is 16.8 Å². The molecular formula is C22H20N4O5S. The Kier molecular flexibility index (Phi) is 5.78. The van der Waals surface area contributed by atoms with Gasteiger partial charge in [-0.05, 0) is 43.2 Å². The molecule has 164 valence electrons. The molecule has 2 aromatic heterocycles. The molecule has 0 aliphatic heterocycles. The second-order valence-corrected chi connectivity index (χ2v) is 8.68. The van der Waals surface area contributed by atoms with Crippen LogP contribution in [0.1, 0.15) is 16.8 Å². The van der Waals surface area contributed by atoms with Gasteiger partial charge in [0.1, 0.15) is 6.26 Å². The fraction of sp³-hybridized carbons (Fsp3) is 0.136. The number of nitrogens with one attached hydrogen (secondary N) is 2. The van der Waals surface area contributed by atoms with Crippen LogP contribution in [0.25, 0.3) is 22.6 Å². The summed E-state index contributed by atoms with van der Waals surface area (Å²) in [5, 5.41) is 6.43. The average Bonchev–Trinajstić information content (AvgIpc) is 3.44. The van der Waals surface area contributed by atoms with Crippen LogP contribution in [-0.2, 0) is 21.4 Å². The fourth-order valence-electron chi connectivity index (χ4n) is 3.26. The van der Waals surface area contributed by atoms with E-state index in [2.05, 4.69) is 20.2 Å². The van der Waals surface area contributed by atoms with Gasteiger partial charge in [0.2, 0.25) is 18.2 Å².